The van der Waals surface area contributed by atoms with Gasteiger partial charge in [0.1, 0.15) is 0 Å². The maximum absolute atomic E-state index is 13.6. The average molecular weight is 470 g/mol. The lowest BCUT2D eigenvalue weighted by molar-refractivity contribution is -0.384. The Hall–Kier alpha value is -3.82. The highest BCUT2D eigenvalue weighted by molar-refractivity contribution is 6.30. The highest BCUT2D eigenvalue weighted by atomic mass is 35.5. The van der Waals surface area contributed by atoms with E-state index in [1.165, 1.54) is 29.3 Å². The third-order valence-electron chi connectivity index (χ3n) is 4.92. The molecular formula is C23H20ClN3O6. The van der Waals surface area contributed by atoms with Crippen LogP contribution in [0, 0.1) is 10.1 Å². The van der Waals surface area contributed by atoms with Crippen LogP contribution in [-0.4, -0.2) is 44.3 Å². The number of ketones is 1. The SMILES string of the molecule is O=C(c1ccc([N+](=O)[O-])cc1)[C@@H](C(=O)N(CCO)Cc1ccccc1)n1cc(Cl)ccc1=O. The van der Waals surface area contributed by atoms with Crippen molar-refractivity contribution >= 4 is 29.0 Å². The van der Waals surface area contributed by atoms with Gasteiger partial charge in [0, 0.05) is 43.0 Å². The first-order chi connectivity index (χ1) is 15.8. The van der Waals surface area contributed by atoms with Gasteiger partial charge in [-0.05, 0) is 23.8 Å². The van der Waals surface area contributed by atoms with Gasteiger partial charge in [0.25, 0.3) is 17.2 Å². The Labute approximate surface area is 193 Å². The van der Waals surface area contributed by atoms with Crippen molar-refractivity contribution in [3.63, 3.8) is 0 Å². The van der Waals surface area contributed by atoms with Crippen molar-refractivity contribution in [2.24, 2.45) is 0 Å². The van der Waals surface area contributed by atoms with Crippen molar-refractivity contribution < 1.29 is 19.6 Å². The lowest BCUT2D eigenvalue weighted by atomic mass is 10.0. The van der Waals surface area contributed by atoms with Gasteiger partial charge in [-0.15, -0.1) is 0 Å². The Kier molecular flexibility index (Phi) is 7.70. The molecule has 1 aromatic heterocycles. The van der Waals surface area contributed by atoms with Crippen molar-refractivity contribution in [1.29, 1.82) is 0 Å². The molecule has 1 N–H and O–H groups in total. The summed E-state index contributed by atoms with van der Waals surface area (Å²) in [6.07, 6.45) is 1.19. The number of nitro benzene ring substituents is 1. The number of carbonyl (C=O) groups excluding carboxylic acids is 2. The molecule has 33 heavy (non-hydrogen) atoms. The molecule has 1 heterocycles. The molecule has 10 heteroatoms. The molecule has 1 atom stereocenters. The summed E-state index contributed by atoms with van der Waals surface area (Å²) in [5.41, 5.74) is -0.0780. The topological polar surface area (TPSA) is 123 Å². The van der Waals surface area contributed by atoms with Crippen molar-refractivity contribution in [3.05, 3.63) is 110 Å². The highest BCUT2D eigenvalue weighted by Crippen LogP contribution is 2.21. The maximum atomic E-state index is 13.6. The largest absolute Gasteiger partial charge is 0.395 e. The number of non-ortho nitro benzene ring substituents is 1. The van der Waals surface area contributed by atoms with E-state index in [0.29, 0.717) is 0 Å². The summed E-state index contributed by atoms with van der Waals surface area (Å²) >= 11 is 6.03. The molecule has 0 unspecified atom stereocenters. The third kappa shape index (κ3) is 5.71. The summed E-state index contributed by atoms with van der Waals surface area (Å²) in [5.74, 6) is -1.46. The summed E-state index contributed by atoms with van der Waals surface area (Å²) in [6.45, 7) is -0.339. The van der Waals surface area contributed by atoms with Crippen molar-refractivity contribution in [3.8, 4) is 0 Å². The average Bonchev–Trinajstić information content (AvgIpc) is 2.81. The minimum absolute atomic E-state index is 0.00878. The summed E-state index contributed by atoms with van der Waals surface area (Å²) in [4.78, 5) is 51.2. The zero-order chi connectivity index (χ0) is 24.0. The summed E-state index contributed by atoms with van der Waals surface area (Å²) in [7, 11) is 0. The minimum atomic E-state index is -1.62. The van der Waals surface area contributed by atoms with Crippen LogP contribution in [0.1, 0.15) is 22.0 Å². The molecule has 3 rings (SSSR count). The van der Waals surface area contributed by atoms with E-state index in [-0.39, 0.29) is 36.0 Å². The number of nitrogens with zero attached hydrogens (tertiary/aromatic N) is 3. The first kappa shape index (κ1) is 23.8. The second-order valence-electron chi connectivity index (χ2n) is 7.13. The second kappa shape index (κ2) is 10.7. The Morgan fingerprint density at radius 3 is 2.33 bits per heavy atom. The van der Waals surface area contributed by atoms with E-state index in [1.54, 1.807) is 24.3 Å². The number of aromatic nitrogens is 1. The van der Waals surface area contributed by atoms with Gasteiger partial charge in [-0.3, -0.25) is 29.1 Å². The molecule has 0 aliphatic rings. The monoisotopic (exact) mass is 469 g/mol. The van der Waals surface area contributed by atoms with Gasteiger partial charge < -0.3 is 10.0 Å². The quantitative estimate of drug-likeness (QED) is 0.222. The fourth-order valence-corrected chi connectivity index (χ4v) is 3.47. The molecule has 0 fully saturated rings. The summed E-state index contributed by atoms with van der Waals surface area (Å²) < 4.78 is 0.934. The Morgan fingerprint density at radius 1 is 1.06 bits per heavy atom. The Balaban J connectivity index is 2.06. The molecule has 0 saturated carbocycles. The molecule has 170 valence electrons. The van der Waals surface area contributed by atoms with Gasteiger partial charge in [0.2, 0.25) is 0 Å². The highest BCUT2D eigenvalue weighted by Gasteiger charge is 2.34. The molecule has 0 aliphatic heterocycles. The smallest absolute Gasteiger partial charge is 0.269 e. The molecule has 1 amide bonds. The molecule has 0 radical (unpaired) electrons. The molecule has 3 aromatic rings. The lowest BCUT2D eigenvalue weighted by Crippen LogP contribution is -2.44. The molecule has 0 spiro atoms. The van der Waals surface area contributed by atoms with Crippen LogP contribution in [0.4, 0.5) is 5.69 Å². The van der Waals surface area contributed by atoms with Crippen LogP contribution in [0.15, 0.2) is 77.7 Å². The number of aliphatic hydroxyl groups excluding tert-OH is 1. The van der Waals surface area contributed by atoms with Crippen LogP contribution in [0.3, 0.4) is 0 Å². The van der Waals surface area contributed by atoms with Gasteiger partial charge >= 0.3 is 0 Å². The standard InChI is InChI=1S/C23H20ClN3O6/c24-18-8-11-20(29)26(15-18)21(22(30)17-6-9-19(10-7-17)27(32)33)23(31)25(12-13-28)14-16-4-2-1-3-5-16/h1-11,15,21,28H,12-14H2/t21-/m0/s1. The van der Waals surface area contributed by atoms with E-state index in [2.05, 4.69) is 0 Å². The number of pyridine rings is 1. The number of aliphatic hydroxyl groups is 1. The zero-order valence-corrected chi connectivity index (χ0v) is 18.1. The van der Waals surface area contributed by atoms with Crippen LogP contribution < -0.4 is 5.56 Å². The minimum Gasteiger partial charge on any atom is -0.395 e. The van der Waals surface area contributed by atoms with E-state index in [4.69, 9.17) is 11.6 Å². The van der Waals surface area contributed by atoms with E-state index in [0.717, 1.165) is 28.3 Å². The van der Waals surface area contributed by atoms with Gasteiger partial charge in [0.05, 0.1) is 16.6 Å². The number of Topliss-reactive ketones (excluding diaryl/α,β-unsaturated/α-hetero) is 1. The van der Waals surface area contributed by atoms with Crippen LogP contribution in [0.2, 0.25) is 5.02 Å². The zero-order valence-electron chi connectivity index (χ0n) is 17.3. The first-order valence-corrected chi connectivity index (χ1v) is 10.3. The summed E-state index contributed by atoms with van der Waals surface area (Å²) in [5, 5.41) is 20.6. The van der Waals surface area contributed by atoms with Crippen LogP contribution in [0.5, 0.6) is 0 Å². The van der Waals surface area contributed by atoms with Crippen LogP contribution in [-0.2, 0) is 11.3 Å². The summed E-state index contributed by atoms with van der Waals surface area (Å²) in [6, 6.07) is 14.6. The van der Waals surface area contributed by atoms with Crippen LogP contribution in [0.25, 0.3) is 0 Å². The van der Waals surface area contributed by atoms with Gasteiger partial charge in [0.15, 0.2) is 11.8 Å². The number of rotatable bonds is 9. The van der Waals surface area contributed by atoms with E-state index in [1.807, 2.05) is 6.07 Å². The molecule has 0 aliphatic carbocycles. The number of nitro groups is 1. The molecule has 0 saturated heterocycles. The number of carbonyl (C=O) groups is 2. The Bertz CT molecular complexity index is 1210. The van der Waals surface area contributed by atoms with Gasteiger partial charge in [-0.25, -0.2) is 0 Å². The van der Waals surface area contributed by atoms with E-state index >= 15 is 0 Å². The third-order valence-corrected chi connectivity index (χ3v) is 5.15. The predicted molar refractivity (Wildman–Crippen MR) is 121 cm³/mol. The molecular weight excluding hydrogens is 450 g/mol. The number of halogens is 1. The van der Waals surface area contributed by atoms with Crippen LogP contribution >= 0.6 is 11.6 Å². The number of hydrogen-bond acceptors (Lipinski definition) is 6. The fourth-order valence-electron chi connectivity index (χ4n) is 3.31. The molecule has 0 bridgehead atoms. The fraction of sp³-hybridized carbons (Fsp3) is 0.174. The lowest BCUT2D eigenvalue weighted by Gasteiger charge is -2.27. The number of benzene rings is 2. The van der Waals surface area contributed by atoms with E-state index < -0.39 is 28.2 Å². The normalized spacial score (nSPS) is 11.6. The predicted octanol–water partition coefficient (Wildman–Crippen LogP) is 2.86. The molecule has 9 nitrogen and oxygen atoms in total. The second-order valence-corrected chi connectivity index (χ2v) is 7.57. The molecule has 2 aromatic carbocycles. The van der Waals surface area contributed by atoms with Crippen molar-refractivity contribution in [2.45, 2.75) is 12.6 Å². The van der Waals surface area contributed by atoms with Crippen molar-refractivity contribution in [1.82, 2.24) is 9.47 Å². The van der Waals surface area contributed by atoms with Gasteiger partial charge in [-0.2, -0.15) is 0 Å². The van der Waals surface area contributed by atoms with Gasteiger partial charge in [-0.1, -0.05) is 41.9 Å². The Morgan fingerprint density at radius 2 is 1.73 bits per heavy atom. The number of hydrogen-bond donors (Lipinski definition) is 1. The van der Waals surface area contributed by atoms with Crippen molar-refractivity contribution in [2.75, 3.05) is 13.2 Å². The number of amides is 1. The van der Waals surface area contributed by atoms with E-state index in [9.17, 15) is 29.6 Å². The maximum Gasteiger partial charge on any atom is 0.269 e. The first-order valence-electron chi connectivity index (χ1n) is 9.91.